The highest BCUT2D eigenvalue weighted by Crippen LogP contribution is 2.28. The molecule has 3 aromatic rings. The van der Waals surface area contributed by atoms with Gasteiger partial charge < -0.3 is 5.21 Å². The Labute approximate surface area is 105 Å². The van der Waals surface area contributed by atoms with Gasteiger partial charge in [0.2, 0.25) is 0 Å². The molecule has 0 bridgehead atoms. The molecular formula is C16H13NO. The summed E-state index contributed by atoms with van der Waals surface area (Å²) in [6.45, 7) is 1.83. The van der Waals surface area contributed by atoms with E-state index in [1.54, 1.807) is 0 Å². The van der Waals surface area contributed by atoms with Gasteiger partial charge in [-0.05, 0) is 34.5 Å². The summed E-state index contributed by atoms with van der Waals surface area (Å²) in [5.41, 5.74) is 1.65. The fourth-order valence-corrected chi connectivity index (χ4v) is 2.45. The molecule has 0 atom stereocenters. The summed E-state index contributed by atoms with van der Waals surface area (Å²) in [6.07, 6.45) is 0. The van der Waals surface area contributed by atoms with Gasteiger partial charge >= 0.3 is 0 Å². The van der Waals surface area contributed by atoms with Gasteiger partial charge in [-0.2, -0.15) is 0 Å². The van der Waals surface area contributed by atoms with Crippen LogP contribution in [0.2, 0.25) is 0 Å². The highest BCUT2D eigenvalue weighted by molar-refractivity contribution is 6.19. The van der Waals surface area contributed by atoms with Gasteiger partial charge in [-0.15, -0.1) is 0 Å². The van der Waals surface area contributed by atoms with Crippen molar-refractivity contribution in [3.8, 4) is 0 Å². The van der Waals surface area contributed by atoms with Crippen molar-refractivity contribution in [3.05, 3.63) is 60.2 Å². The number of oxime groups is 1. The molecule has 0 amide bonds. The third kappa shape index (κ3) is 1.54. The molecule has 0 spiro atoms. The Hall–Kier alpha value is -2.35. The maximum Gasteiger partial charge on any atom is 0.0849 e. The lowest BCUT2D eigenvalue weighted by Gasteiger charge is -2.10. The topological polar surface area (TPSA) is 32.6 Å². The summed E-state index contributed by atoms with van der Waals surface area (Å²) in [7, 11) is 0. The zero-order valence-corrected chi connectivity index (χ0v) is 10.1. The van der Waals surface area contributed by atoms with Crippen molar-refractivity contribution in [1.29, 1.82) is 0 Å². The van der Waals surface area contributed by atoms with Crippen LogP contribution in [0.3, 0.4) is 0 Å². The Morgan fingerprint density at radius 2 is 1.39 bits per heavy atom. The van der Waals surface area contributed by atoms with E-state index >= 15 is 0 Å². The molecule has 0 saturated heterocycles. The minimum Gasteiger partial charge on any atom is -0.411 e. The van der Waals surface area contributed by atoms with Crippen LogP contribution >= 0.6 is 0 Å². The predicted molar refractivity (Wildman–Crippen MR) is 75.5 cm³/mol. The molecule has 0 heterocycles. The van der Waals surface area contributed by atoms with Gasteiger partial charge in [0.1, 0.15) is 0 Å². The summed E-state index contributed by atoms with van der Waals surface area (Å²) in [5.74, 6) is 0. The Balaban J connectivity index is 2.58. The molecule has 0 aromatic heterocycles. The van der Waals surface area contributed by atoms with E-state index in [1.165, 1.54) is 0 Å². The predicted octanol–water partition coefficient (Wildman–Crippen LogP) is 4.19. The van der Waals surface area contributed by atoms with E-state index in [0.29, 0.717) is 5.71 Å². The normalized spacial score (nSPS) is 12.2. The molecule has 0 aliphatic rings. The SMILES string of the molecule is C/C(=N/O)c1c2ccccc2cc2ccccc12. The van der Waals surface area contributed by atoms with Gasteiger partial charge in [0.15, 0.2) is 0 Å². The number of hydrogen-bond donors (Lipinski definition) is 1. The van der Waals surface area contributed by atoms with Crippen LogP contribution in [0.1, 0.15) is 12.5 Å². The minimum atomic E-state index is 0.642. The Morgan fingerprint density at radius 3 is 1.89 bits per heavy atom. The van der Waals surface area contributed by atoms with Crippen LogP contribution in [0.5, 0.6) is 0 Å². The van der Waals surface area contributed by atoms with E-state index in [0.717, 1.165) is 27.1 Å². The van der Waals surface area contributed by atoms with Crippen LogP contribution in [0.4, 0.5) is 0 Å². The number of benzene rings is 3. The third-order valence-electron chi connectivity index (χ3n) is 3.28. The molecule has 0 saturated carbocycles. The molecule has 0 aliphatic carbocycles. The first-order chi connectivity index (χ1) is 8.81. The molecule has 3 aromatic carbocycles. The molecule has 0 unspecified atom stereocenters. The Bertz CT molecular complexity index is 705. The second-order valence-corrected chi connectivity index (χ2v) is 4.38. The van der Waals surface area contributed by atoms with Crippen LogP contribution in [-0.2, 0) is 0 Å². The lowest BCUT2D eigenvalue weighted by Crippen LogP contribution is -1.97. The van der Waals surface area contributed by atoms with Crippen molar-refractivity contribution < 1.29 is 5.21 Å². The van der Waals surface area contributed by atoms with E-state index < -0.39 is 0 Å². The average Bonchev–Trinajstić information content (AvgIpc) is 2.44. The molecule has 0 aliphatic heterocycles. The molecule has 88 valence electrons. The summed E-state index contributed by atoms with van der Waals surface area (Å²) >= 11 is 0. The van der Waals surface area contributed by atoms with E-state index in [9.17, 15) is 0 Å². The summed E-state index contributed by atoms with van der Waals surface area (Å²) in [4.78, 5) is 0. The Morgan fingerprint density at radius 1 is 0.889 bits per heavy atom. The van der Waals surface area contributed by atoms with Gasteiger partial charge in [0, 0.05) is 5.56 Å². The lowest BCUT2D eigenvalue weighted by molar-refractivity contribution is 0.319. The Kier molecular flexibility index (Phi) is 2.49. The first-order valence-corrected chi connectivity index (χ1v) is 5.91. The maximum absolute atomic E-state index is 9.10. The largest absolute Gasteiger partial charge is 0.411 e. The maximum atomic E-state index is 9.10. The standard InChI is InChI=1S/C16H13NO/c1-11(17-18)16-14-8-4-2-6-12(14)10-13-7-3-5-9-15(13)16/h2-10,18H,1H3/b17-11-. The smallest absolute Gasteiger partial charge is 0.0849 e. The van der Waals surface area contributed by atoms with Crippen LogP contribution < -0.4 is 0 Å². The van der Waals surface area contributed by atoms with E-state index in [1.807, 2.05) is 31.2 Å². The second kappa shape index (κ2) is 4.15. The molecular weight excluding hydrogens is 222 g/mol. The van der Waals surface area contributed by atoms with Crippen molar-refractivity contribution >= 4 is 27.3 Å². The molecule has 1 N–H and O–H groups in total. The zero-order valence-electron chi connectivity index (χ0n) is 10.1. The highest BCUT2D eigenvalue weighted by atomic mass is 16.4. The van der Waals surface area contributed by atoms with Crippen LogP contribution in [0.15, 0.2) is 59.8 Å². The molecule has 0 fully saturated rings. The molecule has 3 rings (SSSR count). The molecule has 0 radical (unpaired) electrons. The van der Waals surface area contributed by atoms with E-state index in [-0.39, 0.29) is 0 Å². The number of hydrogen-bond acceptors (Lipinski definition) is 2. The average molecular weight is 235 g/mol. The van der Waals surface area contributed by atoms with Crippen molar-refractivity contribution in [2.75, 3.05) is 0 Å². The monoisotopic (exact) mass is 235 g/mol. The third-order valence-corrected chi connectivity index (χ3v) is 3.28. The van der Waals surface area contributed by atoms with Crippen molar-refractivity contribution in [2.24, 2.45) is 5.16 Å². The number of nitrogens with zero attached hydrogens (tertiary/aromatic N) is 1. The first kappa shape index (κ1) is 10.8. The van der Waals surface area contributed by atoms with Gasteiger partial charge in [0.05, 0.1) is 5.71 Å². The first-order valence-electron chi connectivity index (χ1n) is 5.91. The molecule has 18 heavy (non-hydrogen) atoms. The van der Waals surface area contributed by atoms with Crippen molar-refractivity contribution in [3.63, 3.8) is 0 Å². The van der Waals surface area contributed by atoms with E-state index in [2.05, 4.69) is 35.5 Å². The molecule has 2 heteroatoms. The number of fused-ring (bicyclic) bond motifs is 2. The van der Waals surface area contributed by atoms with Crippen LogP contribution in [-0.4, -0.2) is 10.9 Å². The molecule has 2 nitrogen and oxygen atoms in total. The van der Waals surface area contributed by atoms with Gasteiger partial charge in [-0.25, -0.2) is 0 Å². The van der Waals surface area contributed by atoms with Crippen LogP contribution in [0.25, 0.3) is 21.5 Å². The van der Waals surface area contributed by atoms with Gasteiger partial charge in [0.25, 0.3) is 0 Å². The van der Waals surface area contributed by atoms with Crippen LogP contribution in [0, 0.1) is 0 Å². The summed E-state index contributed by atoms with van der Waals surface area (Å²) < 4.78 is 0. The quantitative estimate of drug-likeness (QED) is 0.291. The summed E-state index contributed by atoms with van der Waals surface area (Å²) in [5, 5.41) is 17.0. The summed E-state index contributed by atoms with van der Waals surface area (Å²) in [6, 6.07) is 18.5. The fourth-order valence-electron chi connectivity index (χ4n) is 2.45. The van der Waals surface area contributed by atoms with Gasteiger partial charge in [-0.1, -0.05) is 53.7 Å². The second-order valence-electron chi connectivity index (χ2n) is 4.38. The lowest BCUT2D eigenvalue weighted by atomic mass is 9.94. The van der Waals surface area contributed by atoms with E-state index in [4.69, 9.17) is 5.21 Å². The zero-order chi connectivity index (χ0) is 12.5. The number of rotatable bonds is 1. The van der Waals surface area contributed by atoms with Crippen molar-refractivity contribution in [2.45, 2.75) is 6.92 Å². The van der Waals surface area contributed by atoms with Gasteiger partial charge in [-0.3, -0.25) is 0 Å². The fraction of sp³-hybridized carbons (Fsp3) is 0.0625. The minimum absolute atomic E-state index is 0.642. The highest BCUT2D eigenvalue weighted by Gasteiger charge is 2.09. The van der Waals surface area contributed by atoms with Crippen molar-refractivity contribution in [1.82, 2.24) is 0 Å².